The standard InChI is InChI=1S/C17H24N2O4/c1-4-13-10-12(3)8-9-18(13)14-6-7-16(19(21)22)15(11-14)17(20)23-5-2/h6-7,11-13H,4-5,8-10H2,1-3H3. The molecule has 0 radical (unpaired) electrons. The number of hydrogen-bond donors (Lipinski definition) is 0. The normalized spacial score (nSPS) is 21.1. The van der Waals surface area contributed by atoms with Gasteiger partial charge in [0, 0.05) is 24.3 Å². The molecule has 23 heavy (non-hydrogen) atoms. The number of ether oxygens (including phenoxy) is 1. The van der Waals surface area contributed by atoms with Crippen molar-refractivity contribution in [3.63, 3.8) is 0 Å². The highest BCUT2D eigenvalue weighted by molar-refractivity contribution is 5.95. The van der Waals surface area contributed by atoms with E-state index in [1.807, 2.05) is 0 Å². The number of nitrogens with zero attached hydrogens (tertiary/aromatic N) is 2. The summed E-state index contributed by atoms with van der Waals surface area (Å²) >= 11 is 0. The molecule has 1 aromatic carbocycles. The summed E-state index contributed by atoms with van der Waals surface area (Å²) < 4.78 is 4.97. The zero-order chi connectivity index (χ0) is 17.0. The van der Waals surface area contributed by atoms with Crippen LogP contribution in [0.3, 0.4) is 0 Å². The van der Waals surface area contributed by atoms with Crippen LogP contribution < -0.4 is 4.90 Å². The van der Waals surface area contributed by atoms with E-state index in [0.717, 1.165) is 31.5 Å². The predicted octanol–water partition coefficient (Wildman–Crippen LogP) is 3.79. The van der Waals surface area contributed by atoms with Crippen molar-refractivity contribution in [3.05, 3.63) is 33.9 Å². The molecule has 0 aromatic heterocycles. The summed E-state index contributed by atoms with van der Waals surface area (Å²) in [7, 11) is 0. The maximum atomic E-state index is 12.1. The second kappa shape index (κ2) is 7.44. The molecule has 0 N–H and O–H groups in total. The van der Waals surface area contributed by atoms with Crippen LogP contribution in [0.25, 0.3) is 0 Å². The largest absolute Gasteiger partial charge is 0.462 e. The maximum absolute atomic E-state index is 12.1. The molecule has 0 spiro atoms. The summed E-state index contributed by atoms with van der Waals surface area (Å²) in [6, 6.07) is 5.15. The molecule has 1 aliphatic rings. The number of rotatable bonds is 5. The third-order valence-corrected chi connectivity index (χ3v) is 4.45. The van der Waals surface area contributed by atoms with Gasteiger partial charge in [-0.2, -0.15) is 0 Å². The fourth-order valence-corrected chi connectivity index (χ4v) is 3.21. The molecule has 1 saturated heterocycles. The number of carbonyl (C=O) groups excluding carboxylic acids is 1. The topological polar surface area (TPSA) is 72.7 Å². The SMILES string of the molecule is CCOC(=O)c1cc(N2CCC(C)CC2CC)ccc1[N+](=O)[O-]. The van der Waals surface area contributed by atoms with Gasteiger partial charge in [0.05, 0.1) is 11.5 Å². The summed E-state index contributed by atoms with van der Waals surface area (Å²) in [5, 5.41) is 11.2. The molecule has 0 aliphatic carbocycles. The molecule has 0 bridgehead atoms. The molecule has 126 valence electrons. The van der Waals surface area contributed by atoms with Crippen molar-refractivity contribution in [1.29, 1.82) is 0 Å². The van der Waals surface area contributed by atoms with Gasteiger partial charge in [0.2, 0.25) is 0 Å². The second-order valence-electron chi connectivity index (χ2n) is 6.06. The number of nitro groups is 1. The molecule has 1 aromatic rings. The van der Waals surface area contributed by atoms with Gasteiger partial charge in [-0.1, -0.05) is 13.8 Å². The number of nitro benzene ring substituents is 1. The van der Waals surface area contributed by atoms with E-state index in [-0.39, 0.29) is 17.9 Å². The third-order valence-electron chi connectivity index (χ3n) is 4.45. The van der Waals surface area contributed by atoms with Crippen molar-refractivity contribution in [3.8, 4) is 0 Å². The van der Waals surface area contributed by atoms with Crippen molar-refractivity contribution in [2.45, 2.75) is 46.1 Å². The van der Waals surface area contributed by atoms with Crippen molar-refractivity contribution in [2.24, 2.45) is 5.92 Å². The first-order valence-corrected chi connectivity index (χ1v) is 8.20. The van der Waals surface area contributed by atoms with E-state index in [4.69, 9.17) is 4.74 Å². The molecule has 0 amide bonds. The molecule has 0 saturated carbocycles. The number of piperidine rings is 1. The first kappa shape index (κ1) is 17.2. The Morgan fingerprint density at radius 1 is 1.43 bits per heavy atom. The monoisotopic (exact) mass is 320 g/mol. The van der Waals surface area contributed by atoms with Crippen LogP contribution in [-0.4, -0.2) is 30.1 Å². The molecular weight excluding hydrogens is 296 g/mol. The summed E-state index contributed by atoms with van der Waals surface area (Å²) in [5.74, 6) is 0.0400. The van der Waals surface area contributed by atoms with Gasteiger partial charge in [0.1, 0.15) is 5.56 Å². The molecule has 2 rings (SSSR count). The minimum absolute atomic E-state index is 0.0304. The van der Waals surface area contributed by atoms with Crippen LogP contribution >= 0.6 is 0 Å². The third kappa shape index (κ3) is 3.81. The lowest BCUT2D eigenvalue weighted by Crippen LogP contribution is -2.41. The highest BCUT2D eigenvalue weighted by Crippen LogP contribution is 2.32. The summed E-state index contributed by atoms with van der Waals surface area (Å²) in [6.45, 7) is 7.18. The predicted molar refractivity (Wildman–Crippen MR) is 88.9 cm³/mol. The van der Waals surface area contributed by atoms with Crippen LogP contribution in [0.2, 0.25) is 0 Å². The fourth-order valence-electron chi connectivity index (χ4n) is 3.21. The van der Waals surface area contributed by atoms with Crippen LogP contribution in [0.4, 0.5) is 11.4 Å². The lowest BCUT2D eigenvalue weighted by atomic mass is 9.90. The van der Waals surface area contributed by atoms with E-state index in [1.54, 1.807) is 19.1 Å². The Balaban J connectivity index is 2.38. The molecule has 1 heterocycles. The fraction of sp³-hybridized carbons (Fsp3) is 0.588. The minimum Gasteiger partial charge on any atom is -0.462 e. The van der Waals surface area contributed by atoms with E-state index in [0.29, 0.717) is 12.0 Å². The van der Waals surface area contributed by atoms with Crippen molar-refractivity contribution < 1.29 is 14.5 Å². The second-order valence-corrected chi connectivity index (χ2v) is 6.06. The zero-order valence-corrected chi connectivity index (χ0v) is 13.9. The maximum Gasteiger partial charge on any atom is 0.345 e. The van der Waals surface area contributed by atoms with E-state index in [2.05, 4.69) is 18.7 Å². The smallest absolute Gasteiger partial charge is 0.345 e. The van der Waals surface area contributed by atoms with Crippen LogP contribution in [0.15, 0.2) is 18.2 Å². The zero-order valence-electron chi connectivity index (χ0n) is 13.9. The Morgan fingerprint density at radius 3 is 2.78 bits per heavy atom. The minimum atomic E-state index is -0.639. The Morgan fingerprint density at radius 2 is 2.17 bits per heavy atom. The summed E-state index contributed by atoms with van der Waals surface area (Å²) in [4.78, 5) is 24.9. The van der Waals surface area contributed by atoms with Crippen LogP contribution in [0.1, 0.15) is 50.4 Å². The molecule has 2 unspecified atom stereocenters. The average molecular weight is 320 g/mol. The number of anilines is 1. The summed E-state index contributed by atoms with van der Waals surface area (Å²) in [5.41, 5.74) is 0.686. The van der Waals surface area contributed by atoms with Crippen molar-refractivity contribution in [1.82, 2.24) is 0 Å². The van der Waals surface area contributed by atoms with Gasteiger partial charge >= 0.3 is 5.97 Å². The van der Waals surface area contributed by atoms with Gasteiger partial charge < -0.3 is 9.64 Å². The molecule has 2 atom stereocenters. The Hall–Kier alpha value is -2.11. The highest BCUT2D eigenvalue weighted by atomic mass is 16.6. The van der Waals surface area contributed by atoms with Gasteiger partial charge in [0.15, 0.2) is 0 Å². The van der Waals surface area contributed by atoms with Gasteiger partial charge in [-0.3, -0.25) is 10.1 Å². The molecule has 6 nitrogen and oxygen atoms in total. The van der Waals surface area contributed by atoms with Crippen LogP contribution in [0, 0.1) is 16.0 Å². The average Bonchev–Trinajstić information content (AvgIpc) is 2.54. The lowest BCUT2D eigenvalue weighted by molar-refractivity contribution is -0.385. The van der Waals surface area contributed by atoms with Gasteiger partial charge in [-0.15, -0.1) is 0 Å². The first-order valence-electron chi connectivity index (χ1n) is 8.20. The number of benzene rings is 1. The molecule has 1 aliphatic heterocycles. The highest BCUT2D eigenvalue weighted by Gasteiger charge is 2.28. The Kier molecular flexibility index (Phi) is 5.58. The van der Waals surface area contributed by atoms with E-state index < -0.39 is 10.9 Å². The number of hydrogen-bond acceptors (Lipinski definition) is 5. The van der Waals surface area contributed by atoms with Crippen LogP contribution in [0.5, 0.6) is 0 Å². The number of carbonyl (C=O) groups is 1. The van der Waals surface area contributed by atoms with Gasteiger partial charge in [0.25, 0.3) is 5.69 Å². The van der Waals surface area contributed by atoms with Gasteiger partial charge in [-0.25, -0.2) is 4.79 Å². The van der Waals surface area contributed by atoms with E-state index in [9.17, 15) is 14.9 Å². The Labute approximate surface area is 136 Å². The molecular formula is C17H24N2O4. The number of esters is 1. The lowest BCUT2D eigenvalue weighted by Gasteiger charge is -2.40. The van der Waals surface area contributed by atoms with Crippen molar-refractivity contribution >= 4 is 17.3 Å². The van der Waals surface area contributed by atoms with E-state index >= 15 is 0 Å². The molecule has 6 heteroatoms. The first-order chi connectivity index (χ1) is 11.0. The van der Waals surface area contributed by atoms with Gasteiger partial charge in [-0.05, 0) is 44.2 Å². The van der Waals surface area contributed by atoms with E-state index in [1.165, 1.54) is 6.07 Å². The molecule has 1 fully saturated rings. The quantitative estimate of drug-likeness (QED) is 0.469. The Bertz CT molecular complexity index is 588. The summed E-state index contributed by atoms with van der Waals surface area (Å²) in [6.07, 6.45) is 3.19. The van der Waals surface area contributed by atoms with Crippen LogP contribution in [-0.2, 0) is 4.74 Å². The van der Waals surface area contributed by atoms with Crippen molar-refractivity contribution in [2.75, 3.05) is 18.1 Å².